The van der Waals surface area contributed by atoms with E-state index < -0.39 is 11.9 Å². The number of likely N-dealkylation sites (tertiary alicyclic amines) is 1. The lowest BCUT2D eigenvalue weighted by Crippen LogP contribution is -2.58. The molecular formula is C21H27N3O7. The van der Waals surface area contributed by atoms with Crippen LogP contribution in [0.5, 0.6) is 5.75 Å². The quantitative estimate of drug-likeness (QED) is 0.481. The highest BCUT2D eigenvalue weighted by atomic mass is 16.5. The van der Waals surface area contributed by atoms with E-state index >= 15 is 0 Å². The minimum absolute atomic E-state index is 0.0526. The first kappa shape index (κ1) is 23.9. The molecule has 10 heteroatoms. The van der Waals surface area contributed by atoms with Crippen molar-refractivity contribution in [3.05, 3.63) is 42.0 Å². The molecule has 2 atom stereocenters. The molecule has 2 aliphatic rings. The van der Waals surface area contributed by atoms with Gasteiger partial charge in [0.2, 0.25) is 5.91 Å². The van der Waals surface area contributed by atoms with Gasteiger partial charge in [-0.05, 0) is 36.9 Å². The highest BCUT2D eigenvalue weighted by Gasteiger charge is 2.39. The Labute approximate surface area is 179 Å². The molecule has 0 radical (unpaired) electrons. The normalized spacial score (nSPS) is 19.9. The number of nitrogens with zero attached hydrogens (tertiary/aromatic N) is 1. The van der Waals surface area contributed by atoms with Gasteiger partial charge in [0.05, 0.1) is 13.0 Å². The van der Waals surface area contributed by atoms with Gasteiger partial charge in [-0.25, -0.2) is 14.4 Å². The average Bonchev–Trinajstić information content (AvgIpc) is 2.76. The van der Waals surface area contributed by atoms with Gasteiger partial charge in [-0.1, -0.05) is 18.2 Å². The van der Waals surface area contributed by atoms with Crippen LogP contribution in [-0.4, -0.2) is 72.3 Å². The van der Waals surface area contributed by atoms with Crippen LogP contribution < -0.4 is 15.4 Å². The molecule has 2 saturated heterocycles. The number of para-hydroxylation sites is 1. The maximum absolute atomic E-state index is 12.3. The number of carbonyl (C=O) groups is 4. The van der Waals surface area contributed by atoms with Crippen LogP contribution in [-0.2, 0) is 20.8 Å². The summed E-state index contributed by atoms with van der Waals surface area (Å²) < 4.78 is 5.30. The number of benzene rings is 1. The Morgan fingerprint density at radius 2 is 1.87 bits per heavy atom. The first-order valence-electron chi connectivity index (χ1n) is 9.87. The summed E-state index contributed by atoms with van der Waals surface area (Å²) in [6, 6.07) is 7.47. The van der Waals surface area contributed by atoms with Crippen molar-refractivity contribution < 1.29 is 34.1 Å². The topological polar surface area (TPSA) is 145 Å². The maximum atomic E-state index is 12.3. The van der Waals surface area contributed by atoms with Crippen LogP contribution in [0.1, 0.15) is 12.0 Å². The summed E-state index contributed by atoms with van der Waals surface area (Å²) in [4.78, 5) is 45.1. The van der Waals surface area contributed by atoms with E-state index in [1.165, 1.54) is 4.90 Å². The summed E-state index contributed by atoms with van der Waals surface area (Å²) in [6.07, 6.45) is 2.69. The first-order valence-corrected chi connectivity index (χ1v) is 9.87. The van der Waals surface area contributed by atoms with E-state index in [9.17, 15) is 19.2 Å². The van der Waals surface area contributed by atoms with Gasteiger partial charge in [-0.2, -0.15) is 0 Å². The number of hydrogen-bond acceptors (Lipinski definition) is 6. The van der Waals surface area contributed by atoms with Crippen molar-refractivity contribution >= 4 is 23.9 Å². The zero-order valence-electron chi connectivity index (χ0n) is 17.2. The Morgan fingerprint density at radius 3 is 2.52 bits per heavy atom. The smallest absolute Gasteiger partial charge is 0.328 e. The van der Waals surface area contributed by atoms with E-state index in [1.807, 2.05) is 24.3 Å². The molecule has 0 spiro atoms. The molecule has 0 aliphatic carbocycles. The van der Waals surface area contributed by atoms with Crippen LogP contribution >= 0.6 is 0 Å². The Morgan fingerprint density at radius 1 is 1.19 bits per heavy atom. The van der Waals surface area contributed by atoms with E-state index in [-0.39, 0.29) is 17.9 Å². The van der Waals surface area contributed by atoms with Crippen LogP contribution in [0.15, 0.2) is 36.4 Å². The number of piperidine rings is 2. The van der Waals surface area contributed by atoms with Crippen LogP contribution in [0.3, 0.4) is 0 Å². The van der Waals surface area contributed by atoms with Gasteiger partial charge in [0.1, 0.15) is 5.75 Å². The standard InChI is InChI=1S/C17H23N3O3.C4H4O4/c1-23-15-5-3-2-4-13(15)6-7-19-17(22)20-11-12-8-14(16(20)21)10-18-9-12;5-3(6)1-2-4(7)8/h2-5,12,14,18H,6-11H2,1H3,(H,19,22);1-2H,(H,5,6)(H,7,8)/b;2-1+. The third-order valence-electron chi connectivity index (χ3n) is 4.97. The molecule has 31 heavy (non-hydrogen) atoms. The lowest BCUT2D eigenvalue weighted by atomic mass is 9.85. The van der Waals surface area contributed by atoms with Crippen molar-refractivity contribution in [2.75, 3.05) is 33.3 Å². The lowest BCUT2D eigenvalue weighted by Gasteiger charge is -2.39. The van der Waals surface area contributed by atoms with E-state index in [0.29, 0.717) is 44.1 Å². The molecule has 10 nitrogen and oxygen atoms in total. The number of rotatable bonds is 6. The Bertz CT molecular complexity index is 824. The molecule has 3 amide bonds. The average molecular weight is 433 g/mol. The molecule has 3 rings (SSSR count). The highest BCUT2D eigenvalue weighted by molar-refractivity contribution is 5.96. The number of carboxylic acids is 2. The molecule has 4 N–H and O–H groups in total. The van der Waals surface area contributed by atoms with Crippen molar-refractivity contribution in [2.24, 2.45) is 11.8 Å². The number of ether oxygens (including phenoxy) is 1. The number of hydrogen-bond donors (Lipinski definition) is 4. The van der Waals surface area contributed by atoms with E-state index in [4.69, 9.17) is 14.9 Å². The summed E-state index contributed by atoms with van der Waals surface area (Å²) in [5.74, 6) is -1.42. The van der Waals surface area contributed by atoms with E-state index in [0.717, 1.165) is 24.3 Å². The maximum Gasteiger partial charge on any atom is 0.328 e. The zero-order valence-corrected chi connectivity index (χ0v) is 17.2. The van der Waals surface area contributed by atoms with Gasteiger partial charge < -0.3 is 25.6 Å². The van der Waals surface area contributed by atoms with Crippen LogP contribution in [0.25, 0.3) is 0 Å². The third kappa shape index (κ3) is 7.41. The van der Waals surface area contributed by atoms with Crippen LogP contribution in [0.4, 0.5) is 4.79 Å². The number of carboxylic acid groups (broad SMARTS) is 2. The van der Waals surface area contributed by atoms with Gasteiger partial charge in [-0.15, -0.1) is 0 Å². The van der Waals surface area contributed by atoms with Crippen LogP contribution in [0, 0.1) is 11.8 Å². The molecule has 0 saturated carbocycles. The van der Waals surface area contributed by atoms with E-state index in [2.05, 4.69) is 10.6 Å². The fourth-order valence-corrected chi connectivity index (χ4v) is 3.56. The number of nitrogens with one attached hydrogen (secondary N) is 2. The minimum atomic E-state index is -1.26. The number of methoxy groups -OCH3 is 1. The third-order valence-corrected chi connectivity index (χ3v) is 4.97. The molecule has 2 fully saturated rings. The summed E-state index contributed by atoms with van der Waals surface area (Å²) in [5, 5.41) is 21.7. The molecule has 2 bridgehead atoms. The Balaban J connectivity index is 0.000000366. The predicted molar refractivity (Wildman–Crippen MR) is 111 cm³/mol. The zero-order chi connectivity index (χ0) is 22.8. The number of carbonyl (C=O) groups excluding carboxylic acids is 2. The van der Waals surface area contributed by atoms with Crippen molar-refractivity contribution in [2.45, 2.75) is 12.8 Å². The van der Waals surface area contributed by atoms with Crippen molar-refractivity contribution in [1.29, 1.82) is 0 Å². The van der Waals surface area contributed by atoms with Gasteiger partial charge in [-0.3, -0.25) is 9.69 Å². The first-order chi connectivity index (χ1) is 14.8. The largest absolute Gasteiger partial charge is 0.496 e. The summed E-state index contributed by atoms with van der Waals surface area (Å²) in [6.45, 7) is 2.56. The molecule has 2 heterocycles. The van der Waals surface area contributed by atoms with Crippen molar-refractivity contribution in [1.82, 2.24) is 15.5 Å². The number of amides is 3. The number of imide groups is 1. The second kappa shape index (κ2) is 11.7. The van der Waals surface area contributed by atoms with Crippen molar-refractivity contribution in [3.8, 4) is 5.75 Å². The second-order valence-electron chi connectivity index (χ2n) is 7.21. The van der Waals surface area contributed by atoms with Gasteiger partial charge in [0.25, 0.3) is 0 Å². The fraction of sp³-hybridized carbons (Fsp3) is 0.429. The molecule has 168 valence electrons. The van der Waals surface area contributed by atoms with Crippen molar-refractivity contribution in [3.63, 3.8) is 0 Å². The highest BCUT2D eigenvalue weighted by Crippen LogP contribution is 2.25. The predicted octanol–water partition coefficient (Wildman–Crippen LogP) is 0.727. The SMILES string of the molecule is COc1ccccc1CCNC(=O)N1CC2CNCC(C2)C1=O.O=C(O)/C=C/C(=O)O. The van der Waals surface area contributed by atoms with Gasteiger partial charge in [0, 0.05) is 31.8 Å². The summed E-state index contributed by atoms with van der Waals surface area (Å²) in [7, 11) is 1.64. The Kier molecular flexibility index (Phi) is 9.01. The monoisotopic (exact) mass is 433 g/mol. The number of fused-ring (bicyclic) bond motifs is 2. The minimum Gasteiger partial charge on any atom is -0.496 e. The lowest BCUT2D eigenvalue weighted by molar-refractivity contribution is -0.137. The van der Waals surface area contributed by atoms with E-state index in [1.54, 1.807) is 7.11 Å². The molecular weight excluding hydrogens is 406 g/mol. The number of aliphatic carboxylic acids is 2. The molecule has 0 aromatic heterocycles. The molecule has 1 aromatic rings. The van der Waals surface area contributed by atoms with Gasteiger partial charge >= 0.3 is 18.0 Å². The molecule has 2 aliphatic heterocycles. The van der Waals surface area contributed by atoms with Gasteiger partial charge in [0.15, 0.2) is 0 Å². The fourth-order valence-electron chi connectivity index (χ4n) is 3.56. The summed E-state index contributed by atoms with van der Waals surface area (Å²) >= 11 is 0. The second-order valence-corrected chi connectivity index (χ2v) is 7.21. The Hall–Kier alpha value is -3.40. The summed E-state index contributed by atoms with van der Waals surface area (Å²) in [5.41, 5.74) is 1.04. The number of urea groups is 1. The van der Waals surface area contributed by atoms with Crippen LogP contribution in [0.2, 0.25) is 0 Å². The molecule has 2 unspecified atom stereocenters. The molecule has 1 aromatic carbocycles.